The fraction of sp³-hybridized carbons (Fsp3) is 0.533. The molecule has 6 nitrogen and oxygen atoms in total. The quantitative estimate of drug-likeness (QED) is 0.894. The average molecular weight is 361 g/mol. The normalized spacial score (nSPS) is 19.4. The number of piperidine rings is 1. The van der Waals surface area contributed by atoms with Crippen LogP contribution in [0.2, 0.25) is 5.02 Å². The summed E-state index contributed by atoms with van der Waals surface area (Å²) in [6.07, 6.45) is 3.22. The van der Waals surface area contributed by atoms with E-state index in [0.29, 0.717) is 29.4 Å². The van der Waals surface area contributed by atoms with Crippen LogP contribution in [0.1, 0.15) is 24.8 Å². The van der Waals surface area contributed by atoms with E-state index >= 15 is 0 Å². The summed E-state index contributed by atoms with van der Waals surface area (Å²) in [6, 6.07) is 2.65. The lowest BCUT2D eigenvalue weighted by molar-refractivity contribution is -0.120. The molecule has 0 spiro atoms. The minimum Gasteiger partial charge on any atom is -0.495 e. The molecule has 1 aromatic carbocycles. The van der Waals surface area contributed by atoms with Gasteiger partial charge in [0.15, 0.2) is 0 Å². The summed E-state index contributed by atoms with van der Waals surface area (Å²) in [5.41, 5.74) is 1.28. The highest BCUT2D eigenvalue weighted by molar-refractivity contribution is 7.88. The van der Waals surface area contributed by atoms with Gasteiger partial charge in [-0.15, -0.1) is 0 Å². The molecule has 23 heavy (non-hydrogen) atoms. The summed E-state index contributed by atoms with van der Waals surface area (Å²) in [5, 5.41) is 3.31. The molecule has 1 aliphatic rings. The van der Waals surface area contributed by atoms with Crippen LogP contribution in [-0.4, -0.2) is 44.6 Å². The summed E-state index contributed by atoms with van der Waals surface area (Å²) < 4.78 is 30.3. The summed E-state index contributed by atoms with van der Waals surface area (Å²) in [7, 11) is -1.94. The largest absolute Gasteiger partial charge is 0.495 e. The van der Waals surface area contributed by atoms with Crippen molar-refractivity contribution in [1.82, 2.24) is 4.31 Å². The smallest absolute Gasteiger partial charge is 0.242 e. The molecule has 2 rings (SSSR count). The molecule has 0 radical (unpaired) electrons. The second-order valence-corrected chi connectivity index (χ2v) is 8.02. The molecule has 1 saturated heterocycles. The third-order valence-corrected chi connectivity index (χ3v) is 5.62. The Morgan fingerprint density at radius 2 is 2.09 bits per heavy atom. The zero-order valence-corrected chi connectivity index (χ0v) is 15.0. The van der Waals surface area contributed by atoms with E-state index in [9.17, 15) is 13.2 Å². The number of amides is 1. The topological polar surface area (TPSA) is 75.7 Å². The molecular formula is C15H21ClN2O4S. The zero-order valence-electron chi connectivity index (χ0n) is 13.4. The Labute approximate surface area is 141 Å². The first kappa shape index (κ1) is 18.0. The van der Waals surface area contributed by atoms with Gasteiger partial charge in [0.05, 0.1) is 19.1 Å². The third kappa shape index (κ3) is 4.16. The highest BCUT2D eigenvalue weighted by atomic mass is 35.5. The lowest BCUT2D eigenvalue weighted by Crippen LogP contribution is -2.49. The lowest BCUT2D eigenvalue weighted by atomic mass is 10.0. The van der Waals surface area contributed by atoms with Gasteiger partial charge in [-0.25, -0.2) is 8.42 Å². The van der Waals surface area contributed by atoms with E-state index in [4.69, 9.17) is 16.3 Å². The van der Waals surface area contributed by atoms with E-state index in [1.54, 1.807) is 12.1 Å². The molecule has 1 aromatic rings. The van der Waals surface area contributed by atoms with E-state index in [2.05, 4.69) is 5.32 Å². The molecule has 8 heteroatoms. The Morgan fingerprint density at radius 3 is 2.70 bits per heavy atom. The Balaban J connectivity index is 2.26. The third-order valence-electron chi connectivity index (χ3n) is 3.92. The van der Waals surface area contributed by atoms with E-state index < -0.39 is 16.1 Å². The molecule has 1 heterocycles. The Kier molecular flexibility index (Phi) is 5.54. The molecule has 0 aliphatic carbocycles. The lowest BCUT2D eigenvalue weighted by Gasteiger charge is -2.32. The van der Waals surface area contributed by atoms with Crippen LogP contribution in [0.3, 0.4) is 0 Å². The van der Waals surface area contributed by atoms with Crippen molar-refractivity contribution in [3.63, 3.8) is 0 Å². The number of hydrogen-bond acceptors (Lipinski definition) is 4. The van der Waals surface area contributed by atoms with Gasteiger partial charge in [-0.3, -0.25) is 4.79 Å². The maximum absolute atomic E-state index is 12.6. The van der Waals surface area contributed by atoms with Crippen molar-refractivity contribution < 1.29 is 17.9 Å². The van der Waals surface area contributed by atoms with Crippen LogP contribution < -0.4 is 10.1 Å². The van der Waals surface area contributed by atoms with Gasteiger partial charge in [0.25, 0.3) is 0 Å². The van der Waals surface area contributed by atoms with Crippen molar-refractivity contribution in [3.05, 3.63) is 22.7 Å². The first-order chi connectivity index (χ1) is 10.7. The average Bonchev–Trinajstić information content (AvgIpc) is 2.49. The van der Waals surface area contributed by atoms with Crippen molar-refractivity contribution in [2.45, 2.75) is 32.2 Å². The maximum atomic E-state index is 12.6. The number of halogens is 1. The van der Waals surface area contributed by atoms with E-state index in [1.807, 2.05) is 6.92 Å². The van der Waals surface area contributed by atoms with Crippen LogP contribution >= 0.6 is 11.6 Å². The van der Waals surface area contributed by atoms with Crippen molar-refractivity contribution >= 4 is 33.2 Å². The number of ether oxygens (including phenoxy) is 1. The molecule has 0 unspecified atom stereocenters. The van der Waals surface area contributed by atoms with Crippen LogP contribution in [0, 0.1) is 6.92 Å². The molecule has 1 atom stereocenters. The molecule has 0 saturated carbocycles. The van der Waals surface area contributed by atoms with Crippen LogP contribution in [0.4, 0.5) is 5.69 Å². The molecule has 1 aliphatic heterocycles. The maximum Gasteiger partial charge on any atom is 0.242 e. The number of anilines is 1. The van der Waals surface area contributed by atoms with Crippen molar-refractivity contribution in [3.8, 4) is 5.75 Å². The predicted octanol–water partition coefficient (Wildman–Crippen LogP) is 2.41. The van der Waals surface area contributed by atoms with Gasteiger partial charge in [0, 0.05) is 17.6 Å². The standard InChI is InChI=1S/C15H21ClN2O4S/c1-10-8-12(14(22-2)9-11(10)16)17-15(19)13-6-4-5-7-18(13)23(3,20)21/h8-9,13H,4-7H2,1-3H3,(H,17,19)/t13-/m1/s1. The molecular weight excluding hydrogens is 340 g/mol. The number of rotatable bonds is 4. The van der Waals surface area contributed by atoms with Crippen LogP contribution in [-0.2, 0) is 14.8 Å². The molecule has 0 bridgehead atoms. The van der Waals surface area contributed by atoms with Crippen molar-refractivity contribution in [2.24, 2.45) is 0 Å². The number of nitrogens with zero attached hydrogens (tertiary/aromatic N) is 1. The number of benzene rings is 1. The number of methoxy groups -OCH3 is 1. The molecule has 1 amide bonds. The molecule has 0 aromatic heterocycles. The molecule has 1 N–H and O–H groups in total. The Hall–Kier alpha value is -1.31. The first-order valence-electron chi connectivity index (χ1n) is 7.36. The molecule has 128 valence electrons. The second kappa shape index (κ2) is 7.07. The van der Waals surface area contributed by atoms with Crippen molar-refractivity contribution in [1.29, 1.82) is 0 Å². The number of nitrogens with one attached hydrogen (secondary N) is 1. The fourth-order valence-electron chi connectivity index (χ4n) is 2.71. The fourth-order valence-corrected chi connectivity index (χ4v) is 3.99. The summed E-state index contributed by atoms with van der Waals surface area (Å²) in [6.45, 7) is 2.19. The first-order valence-corrected chi connectivity index (χ1v) is 9.58. The Bertz CT molecular complexity index is 706. The summed E-state index contributed by atoms with van der Waals surface area (Å²) in [5.74, 6) is 0.0887. The van der Waals surface area contributed by atoms with Crippen LogP contribution in [0.25, 0.3) is 0 Å². The van der Waals surface area contributed by atoms with Gasteiger partial charge < -0.3 is 10.1 Å². The van der Waals surface area contributed by atoms with Gasteiger partial charge in [0.1, 0.15) is 11.8 Å². The van der Waals surface area contributed by atoms with E-state index in [0.717, 1.165) is 24.7 Å². The SMILES string of the molecule is COc1cc(Cl)c(C)cc1NC(=O)[C@H]1CCCCN1S(C)(=O)=O. The van der Waals surface area contributed by atoms with Gasteiger partial charge in [-0.1, -0.05) is 18.0 Å². The number of aryl methyl sites for hydroxylation is 1. The van der Waals surface area contributed by atoms with E-state index in [1.165, 1.54) is 11.4 Å². The number of sulfonamides is 1. The van der Waals surface area contributed by atoms with Gasteiger partial charge >= 0.3 is 0 Å². The number of carbonyl (C=O) groups excluding carboxylic acids is 1. The summed E-state index contributed by atoms with van der Waals surface area (Å²) in [4.78, 5) is 12.6. The van der Waals surface area contributed by atoms with Gasteiger partial charge in [-0.2, -0.15) is 4.31 Å². The minimum absolute atomic E-state index is 0.352. The highest BCUT2D eigenvalue weighted by Crippen LogP contribution is 2.31. The Morgan fingerprint density at radius 1 is 1.39 bits per heavy atom. The monoisotopic (exact) mass is 360 g/mol. The number of carbonyl (C=O) groups is 1. The minimum atomic E-state index is -3.42. The van der Waals surface area contributed by atoms with Gasteiger partial charge in [-0.05, 0) is 31.4 Å². The van der Waals surface area contributed by atoms with Crippen LogP contribution in [0.5, 0.6) is 5.75 Å². The predicted molar refractivity (Wildman–Crippen MR) is 90.6 cm³/mol. The second-order valence-electron chi connectivity index (χ2n) is 5.68. The highest BCUT2D eigenvalue weighted by Gasteiger charge is 2.34. The number of hydrogen-bond donors (Lipinski definition) is 1. The van der Waals surface area contributed by atoms with E-state index in [-0.39, 0.29) is 5.91 Å². The molecule has 1 fully saturated rings. The summed E-state index contributed by atoms with van der Waals surface area (Å²) >= 11 is 6.05. The van der Waals surface area contributed by atoms with Crippen molar-refractivity contribution in [2.75, 3.05) is 25.2 Å². The zero-order chi connectivity index (χ0) is 17.2. The van der Waals surface area contributed by atoms with Gasteiger partial charge in [0.2, 0.25) is 15.9 Å². The van der Waals surface area contributed by atoms with Crippen LogP contribution in [0.15, 0.2) is 12.1 Å².